The topological polar surface area (TPSA) is 87.7 Å². The highest BCUT2D eigenvalue weighted by atomic mass is 32.1. The lowest BCUT2D eigenvalue weighted by Crippen LogP contribution is -2.04. The molecule has 0 fully saturated rings. The van der Waals surface area contributed by atoms with Crippen LogP contribution in [0.4, 0.5) is 0 Å². The SMILES string of the molecule is c1ccc(-c2ccc(-c3nc(-n4c5ccccc5c5c6cc(-c7cccc8ccccc78)ccc6c6c7ccccc7oc6c54)nc4c5ccccc5c5ccccc5c34)cc2)cc1.c1ccc(-c2cccc(-c3nc(-n4c5ccccc5c5c6ccccc6c6c7ccc(-c8ccc9sc%10ccccc%10c9c8)cc7oc6c54)nc4c5ccccc5c5ccccc5c34)c2)cc1. The number of aromatic nitrogens is 6. The summed E-state index contributed by atoms with van der Waals surface area (Å²) in [6.45, 7) is 0. The quantitative estimate of drug-likeness (QED) is 0.141. The third-order valence-corrected chi connectivity index (χ3v) is 28.5. The highest BCUT2D eigenvalue weighted by Gasteiger charge is 2.30. The van der Waals surface area contributed by atoms with Crippen LogP contribution in [0, 0.1) is 0 Å². The van der Waals surface area contributed by atoms with E-state index in [1.807, 2.05) is 11.3 Å². The van der Waals surface area contributed by atoms with Crippen molar-refractivity contribution >= 4 is 216 Å². The van der Waals surface area contributed by atoms with Crippen molar-refractivity contribution in [1.29, 1.82) is 0 Å². The second-order valence-electron chi connectivity index (χ2n) is 34.4. The Balaban J connectivity index is 0.000000132. The molecule has 8 nitrogen and oxygen atoms in total. The Morgan fingerprint density at radius 3 is 1.21 bits per heavy atom. The van der Waals surface area contributed by atoms with Gasteiger partial charge in [-0.05, 0) is 170 Å². The molecule has 29 rings (SSSR count). The number of hydrogen-bond donors (Lipinski definition) is 0. The van der Waals surface area contributed by atoms with Crippen LogP contribution in [0.15, 0.2) is 433 Å². The van der Waals surface area contributed by atoms with Crippen molar-refractivity contribution in [1.82, 2.24) is 29.1 Å². The van der Waals surface area contributed by atoms with Gasteiger partial charge in [0.2, 0.25) is 11.9 Å². The molecule has 0 atom stereocenters. The number of hydrogen-bond acceptors (Lipinski definition) is 7. The van der Waals surface area contributed by atoms with Gasteiger partial charge in [-0.2, -0.15) is 0 Å². The maximum atomic E-state index is 7.29. The van der Waals surface area contributed by atoms with Crippen molar-refractivity contribution in [2.24, 2.45) is 0 Å². The molecule has 0 amide bonds. The number of para-hydroxylation sites is 3. The van der Waals surface area contributed by atoms with E-state index in [2.05, 4.69) is 434 Å². The number of furan rings is 2. The molecule has 22 aromatic carbocycles. The van der Waals surface area contributed by atoms with Gasteiger partial charge in [0.05, 0.1) is 33.5 Å². The van der Waals surface area contributed by atoms with Crippen LogP contribution >= 0.6 is 11.3 Å². The van der Waals surface area contributed by atoms with E-state index in [9.17, 15) is 0 Å². The molecule has 0 saturated carbocycles. The Morgan fingerprint density at radius 2 is 0.573 bits per heavy atom. The van der Waals surface area contributed by atoms with E-state index < -0.39 is 0 Å². The summed E-state index contributed by atoms with van der Waals surface area (Å²) in [4.78, 5) is 22.9. The monoisotopic (exact) mass is 1680 g/mol. The maximum absolute atomic E-state index is 7.29. The first-order valence-electron chi connectivity index (χ1n) is 44.6. The highest BCUT2D eigenvalue weighted by Crippen LogP contribution is 2.52. The molecule has 0 aliphatic heterocycles. The fourth-order valence-electron chi connectivity index (χ4n) is 21.6. The Hall–Kier alpha value is -17.2. The summed E-state index contributed by atoms with van der Waals surface area (Å²) < 4.78 is 21.5. The van der Waals surface area contributed by atoms with Gasteiger partial charge in [-0.15, -0.1) is 11.3 Å². The van der Waals surface area contributed by atoms with E-state index >= 15 is 0 Å². The van der Waals surface area contributed by atoms with Gasteiger partial charge in [-0.3, -0.25) is 9.13 Å². The molecule has 7 heterocycles. The molecule has 0 saturated heterocycles. The van der Waals surface area contributed by atoms with Crippen LogP contribution in [0.25, 0.3) is 284 Å². The molecule has 7 aromatic heterocycles. The van der Waals surface area contributed by atoms with Crippen LogP contribution in [0.5, 0.6) is 0 Å². The van der Waals surface area contributed by atoms with Gasteiger partial charge in [-0.25, -0.2) is 19.9 Å². The van der Waals surface area contributed by atoms with Gasteiger partial charge in [-0.1, -0.05) is 364 Å². The largest absolute Gasteiger partial charge is 0.454 e. The molecule has 9 heteroatoms. The zero-order valence-electron chi connectivity index (χ0n) is 70.3. The van der Waals surface area contributed by atoms with Crippen molar-refractivity contribution in [3.8, 4) is 78.9 Å². The average Bonchev–Trinajstić information content (AvgIpc) is 1.56. The second kappa shape index (κ2) is 28.6. The standard InChI is InChI=1S/C62H35N3OS.C60H35N3O/c1-2-15-36(16-3-1)37-17-14-18-40(33-37)58-57-44-22-6-4-19-41(44)42-20-5-9-25-47(42)59(57)64-62(63-58)65-51-27-12-10-26-48(51)55-45-23-7-8-24-46(45)56-49-31-29-39(35-52(49)66-61(56)60(55)65)38-30-32-54-50(34-38)43-21-11-13-28-53(43)67-54;1-2-15-36(16-3-1)37-29-31-39(32-30-37)56-55-45-22-8-6-20-43(45)44-21-7-9-23-47(44)57(55)62-60(61-56)63-51-27-12-10-24-48(51)53-50-35-40(42-26-14-18-38-17-4-5-19-41(38)42)33-34-46(50)54-49-25-11-13-28-52(49)64-59(54)58(53)63/h1-35H;1-35H. The van der Waals surface area contributed by atoms with Crippen molar-refractivity contribution in [2.45, 2.75) is 0 Å². The predicted octanol–water partition coefficient (Wildman–Crippen LogP) is 33.7. The Labute approximate surface area is 752 Å². The Kier molecular flexibility index (Phi) is 16.0. The number of rotatable bonds is 8. The molecule has 0 spiro atoms. The summed E-state index contributed by atoms with van der Waals surface area (Å²) in [5.41, 5.74) is 22.1. The summed E-state index contributed by atoms with van der Waals surface area (Å²) in [6, 6.07) is 152. The van der Waals surface area contributed by atoms with E-state index in [-0.39, 0.29) is 0 Å². The zero-order valence-corrected chi connectivity index (χ0v) is 71.1. The molecular formula is C122H70N6O2S. The normalized spacial score (nSPS) is 12.1. The predicted molar refractivity (Wildman–Crippen MR) is 550 cm³/mol. The molecule has 131 heavy (non-hydrogen) atoms. The van der Waals surface area contributed by atoms with Gasteiger partial charge in [0.1, 0.15) is 22.2 Å². The second-order valence-corrected chi connectivity index (χ2v) is 35.5. The first-order chi connectivity index (χ1) is 65.0. The minimum Gasteiger partial charge on any atom is -0.454 e. The van der Waals surface area contributed by atoms with Gasteiger partial charge < -0.3 is 8.83 Å². The van der Waals surface area contributed by atoms with E-state index in [0.29, 0.717) is 11.9 Å². The Morgan fingerprint density at radius 1 is 0.198 bits per heavy atom. The Bertz CT molecular complexity index is 9950. The molecule has 0 N–H and O–H groups in total. The minimum absolute atomic E-state index is 0.590. The lowest BCUT2D eigenvalue weighted by molar-refractivity contribution is 0.670. The van der Waals surface area contributed by atoms with E-state index in [4.69, 9.17) is 28.8 Å². The van der Waals surface area contributed by atoms with Crippen LogP contribution in [0.2, 0.25) is 0 Å². The summed E-state index contributed by atoms with van der Waals surface area (Å²) in [5.74, 6) is 1.18. The third-order valence-electron chi connectivity index (χ3n) is 27.3. The van der Waals surface area contributed by atoms with Crippen molar-refractivity contribution in [3.63, 3.8) is 0 Å². The van der Waals surface area contributed by atoms with Crippen LogP contribution in [0.1, 0.15) is 0 Å². The minimum atomic E-state index is 0.590. The third kappa shape index (κ3) is 11.1. The molecule has 606 valence electrons. The molecule has 0 aliphatic rings. The number of thiophene rings is 1. The summed E-state index contributed by atoms with van der Waals surface area (Å²) >= 11 is 1.84. The lowest BCUT2D eigenvalue weighted by Gasteiger charge is -2.16. The fraction of sp³-hybridized carbons (Fsp3) is 0. The molecule has 0 bridgehead atoms. The summed E-state index contributed by atoms with van der Waals surface area (Å²) in [6.07, 6.45) is 0. The van der Waals surface area contributed by atoms with E-state index in [0.717, 1.165) is 219 Å². The average molecular weight is 1680 g/mol. The fourth-order valence-corrected chi connectivity index (χ4v) is 22.6. The van der Waals surface area contributed by atoms with Gasteiger partial charge in [0.25, 0.3) is 0 Å². The lowest BCUT2D eigenvalue weighted by atomic mass is 9.93. The summed E-state index contributed by atoms with van der Waals surface area (Å²) in [5, 5.41) is 29.6. The first kappa shape index (κ1) is 73.0. The number of benzene rings is 22. The van der Waals surface area contributed by atoms with Crippen molar-refractivity contribution < 1.29 is 8.83 Å². The molecule has 0 unspecified atom stereocenters. The van der Waals surface area contributed by atoms with Crippen molar-refractivity contribution in [2.75, 3.05) is 0 Å². The van der Waals surface area contributed by atoms with E-state index in [1.165, 1.54) is 52.8 Å². The van der Waals surface area contributed by atoms with Gasteiger partial charge in [0.15, 0.2) is 11.2 Å². The molecular weight excluding hydrogens is 1610 g/mol. The smallest absolute Gasteiger partial charge is 0.235 e. The summed E-state index contributed by atoms with van der Waals surface area (Å²) in [7, 11) is 0. The van der Waals surface area contributed by atoms with Crippen LogP contribution in [-0.4, -0.2) is 29.1 Å². The maximum Gasteiger partial charge on any atom is 0.235 e. The van der Waals surface area contributed by atoms with Crippen molar-refractivity contribution in [3.05, 3.63) is 425 Å². The molecule has 29 aromatic rings. The van der Waals surface area contributed by atoms with Crippen LogP contribution in [-0.2, 0) is 0 Å². The van der Waals surface area contributed by atoms with Gasteiger partial charge >= 0.3 is 0 Å². The first-order valence-corrected chi connectivity index (χ1v) is 45.4. The van der Waals surface area contributed by atoms with Crippen LogP contribution < -0.4 is 0 Å². The van der Waals surface area contributed by atoms with E-state index in [1.54, 1.807) is 0 Å². The zero-order chi connectivity index (χ0) is 85.6. The number of nitrogens with zero attached hydrogens (tertiary/aromatic N) is 6. The van der Waals surface area contributed by atoms with Crippen LogP contribution in [0.3, 0.4) is 0 Å². The molecule has 0 aliphatic carbocycles. The highest BCUT2D eigenvalue weighted by molar-refractivity contribution is 7.25. The van der Waals surface area contributed by atoms with Gasteiger partial charge in [0, 0.05) is 95.9 Å². The molecule has 0 radical (unpaired) electrons. The number of fused-ring (bicyclic) bond motifs is 36.